The van der Waals surface area contributed by atoms with Gasteiger partial charge in [-0.2, -0.15) is 0 Å². The standard InChI is InChI=1S/C17H28N4O/c1-5-7-16(22)21-15-10-8-14(9-11-15)12-19-17(18-6-2)20-13(3)4/h8-11,13H,5-7,12H2,1-4H3,(H,21,22)(H2,18,19,20). The molecule has 0 saturated carbocycles. The normalized spacial score (nSPS) is 11.4. The number of carbonyl (C=O) groups is 1. The van der Waals surface area contributed by atoms with Gasteiger partial charge in [0, 0.05) is 24.7 Å². The number of anilines is 1. The predicted molar refractivity (Wildman–Crippen MR) is 93.1 cm³/mol. The quantitative estimate of drug-likeness (QED) is 0.536. The van der Waals surface area contributed by atoms with Gasteiger partial charge in [0.1, 0.15) is 0 Å². The maximum Gasteiger partial charge on any atom is 0.224 e. The van der Waals surface area contributed by atoms with E-state index in [0.29, 0.717) is 19.0 Å². The Morgan fingerprint density at radius 1 is 1.18 bits per heavy atom. The molecule has 0 bridgehead atoms. The van der Waals surface area contributed by atoms with E-state index in [2.05, 4.69) is 34.8 Å². The SMILES string of the molecule is CCCC(=O)Nc1ccc(CN=C(NCC)NC(C)C)cc1. The number of hydrogen-bond acceptors (Lipinski definition) is 2. The first-order chi connectivity index (χ1) is 10.5. The average molecular weight is 304 g/mol. The second kappa shape index (κ2) is 9.82. The first kappa shape index (κ1) is 18.0. The van der Waals surface area contributed by atoms with Crippen LogP contribution in [0.4, 0.5) is 5.69 Å². The number of aliphatic imine (C=N–C) groups is 1. The van der Waals surface area contributed by atoms with E-state index < -0.39 is 0 Å². The van der Waals surface area contributed by atoms with Gasteiger partial charge >= 0.3 is 0 Å². The highest BCUT2D eigenvalue weighted by molar-refractivity contribution is 5.90. The second-order valence-electron chi connectivity index (χ2n) is 5.49. The van der Waals surface area contributed by atoms with Crippen LogP contribution in [0.15, 0.2) is 29.3 Å². The van der Waals surface area contributed by atoms with E-state index in [1.54, 1.807) is 0 Å². The lowest BCUT2D eigenvalue weighted by atomic mass is 10.2. The van der Waals surface area contributed by atoms with Crippen LogP contribution in [-0.4, -0.2) is 24.5 Å². The molecule has 1 aromatic rings. The van der Waals surface area contributed by atoms with Crippen molar-refractivity contribution in [1.29, 1.82) is 0 Å². The summed E-state index contributed by atoms with van der Waals surface area (Å²) in [6, 6.07) is 8.16. The molecule has 22 heavy (non-hydrogen) atoms. The average Bonchev–Trinajstić information content (AvgIpc) is 2.46. The number of guanidine groups is 1. The van der Waals surface area contributed by atoms with E-state index in [4.69, 9.17) is 0 Å². The van der Waals surface area contributed by atoms with Gasteiger partial charge < -0.3 is 16.0 Å². The third-order valence-corrected chi connectivity index (χ3v) is 2.90. The molecule has 0 spiro atoms. The Morgan fingerprint density at radius 2 is 1.86 bits per heavy atom. The van der Waals surface area contributed by atoms with Crippen LogP contribution in [0.2, 0.25) is 0 Å². The number of rotatable bonds is 7. The van der Waals surface area contributed by atoms with Gasteiger partial charge in [0.25, 0.3) is 0 Å². The summed E-state index contributed by atoms with van der Waals surface area (Å²) in [6.45, 7) is 9.65. The van der Waals surface area contributed by atoms with Gasteiger partial charge in [-0.1, -0.05) is 19.1 Å². The van der Waals surface area contributed by atoms with Crippen LogP contribution in [-0.2, 0) is 11.3 Å². The van der Waals surface area contributed by atoms with Gasteiger partial charge in [0.05, 0.1) is 6.54 Å². The minimum Gasteiger partial charge on any atom is -0.357 e. The second-order valence-corrected chi connectivity index (χ2v) is 5.49. The van der Waals surface area contributed by atoms with Crippen molar-refractivity contribution in [2.45, 2.75) is 53.1 Å². The van der Waals surface area contributed by atoms with E-state index in [1.165, 1.54) is 0 Å². The molecule has 0 saturated heterocycles. The van der Waals surface area contributed by atoms with E-state index in [1.807, 2.05) is 38.1 Å². The molecule has 5 heteroatoms. The van der Waals surface area contributed by atoms with E-state index >= 15 is 0 Å². The summed E-state index contributed by atoms with van der Waals surface area (Å²) in [5.41, 5.74) is 1.94. The Labute approximate surface area is 133 Å². The maximum atomic E-state index is 11.5. The van der Waals surface area contributed by atoms with Crippen molar-refractivity contribution < 1.29 is 4.79 Å². The fourth-order valence-corrected chi connectivity index (χ4v) is 1.91. The number of amides is 1. The highest BCUT2D eigenvalue weighted by atomic mass is 16.1. The molecule has 1 rings (SSSR count). The Morgan fingerprint density at radius 3 is 2.41 bits per heavy atom. The first-order valence-corrected chi connectivity index (χ1v) is 7.98. The Balaban J connectivity index is 2.60. The molecule has 0 heterocycles. The summed E-state index contributed by atoms with van der Waals surface area (Å²) >= 11 is 0. The van der Waals surface area contributed by atoms with Crippen LogP contribution in [0.3, 0.4) is 0 Å². The molecule has 5 nitrogen and oxygen atoms in total. The molecular weight excluding hydrogens is 276 g/mol. The molecule has 0 radical (unpaired) electrons. The van der Waals surface area contributed by atoms with Crippen molar-refractivity contribution in [3.63, 3.8) is 0 Å². The molecular formula is C17H28N4O. The lowest BCUT2D eigenvalue weighted by molar-refractivity contribution is -0.116. The van der Waals surface area contributed by atoms with Crippen LogP contribution >= 0.6 is 0 Å². The zero-order chi connectivity index (χ0) is 16.4. The molecule has 1 amide bonds. The highest BCUT2D eigenvalue weighted by Gasteiger charge is 2.02. The molecule has 0 aromatic heterocycles. The van der Waals surface area contributed by atoms with Crippen molar-refractivity contribution in [3.8, 4) is 0 Å². The summed E-state index contributed by atoms with van der Waals surface area (Å²) in [7, 11) is 0. The van der Waals surface area contributed by atoms with Crippen LogP contribution in [0.1, 0.15) is 46.1 Å². The van der Waals surface area contributed by atoms with Gasteiger partial charge in [0.15, 0.2) is 5.96 Å². The smallest absolute Gasteiger partial charge is 0.224 e. The lowest BCUT2D eigenvalue weighted by Crippen LogP contribution is -2.40. The van der Waals surface area contributed by atoms with E-state index in [-0.39, 0.29) is 5.91 Å². The van der Waals surface area contributed by atoms with E-state index in [9.17, 15) is 4.79 Å². The molecule has 0 aliphatic rings. The number of hydrogen-bond donors (Lipinski definition) is 3. The Kier molecular flexibility index (Phi) is 8.04. The number of nitrogens with zero attached hydrogens (tertiary/aromatic N) is 1. The zero-order valence-electron chi connectivity index (χ0n) is 14.1. The third kappa shape index (κ3) is 7.11. The molecule has 0 fully saturated rings. The molecule has 0 unspecified atom stereocenters. The predicted octanol–water partition coefficient (Wildman–Crippen LogP) is 2.89. The number of carbonyl (C=O) groups excluding carboxylic acids is 1. The van der Waals surface area contributed by atoms with Crippen LogP contribution in [0.5, 0.6) is 0 Å². The molecule has 122 valence electrons. The molecule has 0 aliphatic heterocycles. The molecule has 0 aliphatic carbocycles. The minimum atomic E-state index is 0.0591. The van der Waals surface area contributed by atoms with Gasteiger partial charge in [-0.05, 0) is 44.9 Å². The summed E-state index contributed by atoms with van der Waals surface area (Å²) in [4.78, 5) is 16.1. The van der Waals surface area contributed by atoms with Crippen LogP contribution < -0.4 is 16.0 Å². The largest absolute Gasteiger partial charge is 0.357 e. The van der Waals surface area contributed by atoms with Crippen LogP contribution in [0.25, 0.3) is 0 Å². The van der Waals surface area contributed by atoms with Crippen molar-refractivity contribution in [1.82, 2.24) is 10.6 Å². The molecule has 1 aromatic carbocycles. The fraction of sp³-hybridized carbons (Fsp3) is 0.529. The lowest BCUT2D eigenvalue weighted by Gasteiger charge is -2.14. The van der Waals surface area contributed by atoms with Gasteiger partial charge in [-0.15, -0.1) is 0 Å². The Bertz CT molecular complexity index is 480. The summed E-state index contributed by atoms with van der Waals surface area (Å²) in [5, 5.41) is 9.38. The van der Waals surface area contributed by atoms with Gasteiger partial charge in [0.2, 0.25) is 5.91 Å². The Hall–Kier alpha value is -2.04. The highest BCUT2D eigenvalue weighted by Crippen LogP contribution is 2.11. The van der Waals surface area contributed by atoms with Gasteiger partial charge in [-0.3, -0.25) is 4.79 Å². The van der Waals surface area contributed by atoms with Crippen molar-refractivity contribution in [2.75, 3.05) is 11.9 Å². The van der Waals surface area contributed by atoms with E-state index in [0.717, 1.165) is 30.2 Å². The van der Waals surface area contributed by atoms with Crippen LogP contribution in [0, 0.1) is 0 Å². The number of nitrogens with one attached hydrogen (secondary N) is 3. The zero-order valence-corrected chi connectivity index (χ0v) is 14.1. The topological polar surface area (TPSA) is 65.5 Å². The molecule has 3 N–H and O–H groups in total. The minimum absolute atomic E-state index is 0.0591. The van der Waals surface area contributed by atoms with Gasteiger partial charge in [-0.25, -0.2) is 4.99 Å². The number of benzene rings is 1. The first-order valence-electron chi connectivity index (χ1n) is 7.98. The summed E-state index contributed by atoms with van der Waals surface area (Å²) in [6.07, 6.45) is 1.41. The fourth-order valence-electron chi connectivity index (χ4n) is 1.91. The van der Waals surface area contributed by atoms with Crippen molar-refractivity contribution in [3.05, 3.63) is 29.8 Å². The molecule has 0 atom stereocenters. The summed E-state index contributed by atoms with van der Waals surface area (Å²) < 4.78 is 0. The third-order valence-electron chi connectivity index (χ3n) is 2.90. The van der Waals surface area contributed by atoms with Crippen molar-refractivity contribution in [2.24, 2.45) is 4.99 Å². The van der Waals surface area contributed by atoms with Crippen molar-refractivity contribution >= 4 is 17.6 Å². The summed E-state index contributed by atoms with van der Waals surface area (Å²) in [5.74, 6) is 0.877. The monoisotopic (exact) mass is 304 g/mol. The maximum absolute atomic E-state index is 11.5.